The highest BCUT2D eigenvalue weighted by Gasteiger charge is 2.11. The molecule has 2 heterocycles. The Kier molecular flexibility index (Phi) is 3.30. The van der Waals surface area contributed by atoms with E-state index in [1.165, 1.54) is 11.3 Å². The van der Waals surface area contributed by atoms with Gasteiger partial charge in [-0.1, -0.05) is 29.5 Å². The van der Waals surface area contributed by atoms with Crippen molar-refractivity contribution in [1.29, 1.82) is 0 Å². The van der Waals surface area contributed by atoms with Gasteiger partial charge < -0.3 is 4.74 Å². The number of ether oxygens (including phenoxy) is 1. The number of amides is 1. The Morgan fingerprint density at radius 3 is 2.90 bits per heavy atom. The zero-order chi connectivity index (χ0) is 13.9. The second-order valence-corrected chi connectivity index (χ2v) is 4.95. The minimum Gasteiger partial charge on any atom is -0.484 e. The van der Waals surface area contributed by atoms with Crippen molar-refractivity contribution in [1.82, 2.24) is 19.8 Å². The third-order valence-electron chi connectivity index (χ3n) is 2.51. The monoisotopic (exact) mass is 289 g/mol. The van der Waals surface area contributed by atoms with Gasteiger partial charge in [0.25, 0.3) is 5.91 Å². The fourth-order valence-corrected chi connectivity index (χ4v) is 2.39. The van der Waals surface area contributed by atoms with E-state index in [4.69, 9.17) is 4.74 Å². The number of anilines is 1. The normalized spacial score (nSPS) is 10.7. The molecule has 0 radical (unpaired) electrons. The second kappa shape index (κ2) is 5.25. The van der Waals surface area contributed by atoms with Crippen LogP contribution in [0.3, 0.4) is 0 Å². The fraction of sp³-hybridized carbons (Fsp3) is 0.167. The van der Waals surface area contributed by atoms with Gasteiger partial charge in [-0.2, -0.15) is 4.52 Å². The van der Waals surface area contributed by atoms with Crippen LogP contribution in [0.5, 0.6) is 5.75 Å². The maximum atomic E-state index is 11.8. The molecule has 0 saturated carbocycles. The van der Waals surface area contributed by atoms with E-state index in [-0.39, 0.29) is 12.5 Å². The molecule has 8 heteroatoms. The number of aromatic nitrogens is 4. The van der Waals surface area contributed by atoms with Crippen molar-refractivity contribution >= 4 is 27.3 Å². The van der Waals surface area contributed by atoms with Crippen LogP contribution in [0.15, 0.2) is 30.3 Å². The third kappa shape index (κ3) is 2.59. The number of aryl methyl sites for hydroxylation is 1. The molecule has 0 atom stereocenters. The van der Waals surface area contributed by atoms with E-state index in [1.807, 2.05) is 18.2 Å². The number of fused-ring (bicyclic) bond motifs is 1. The van der Waals surface area contributed by atoms with Crippen molar-refractivity contribution in [3.05, 3.63) is 36.2 Å². The number of nitrogens with one attached hydrogen (secondary N) is 1. The average Bonchev–Trinajstić information content (AvgIpc) is 3.00. The highest BCUT2D eigenvalue weighted by atomic mass is 32.1. The highest BCUT2D eigenvalue weighted by molar-refractivity contribution is 7.20. The van der Waals surface area contributed by atoms with Gasteiger partial charge in [0.1, 0.15) is 5.75 Å². The Morgan fingerprint density at radius 1 is 1.35 bits per heavy atom. The number of carbonyl (C=O) groups is 1. The minimum absolute atomic E-state index is 0.0663. The molecule has 3 aromatic rings. The lowest BCUT2D eigenvalue weighted by Gasteiger charge is -2.04. The summed E-state index contributed by atoms with van der Waals surface area (Å²) in [6.45, 7) is 1.73. The molecule has 0 aliphatic rings. The highest BCUT2D eigenvalue weighted by Crippen LogP contribution is 2.18. The molecule has 2 aromatic heterocycles. The molecule has 0 aliphatic carbocycles. The van der Waals surface area contributed by atoms with Gasteiger partial charge >= 0.3 is 0 Å². The van der Waals surface area contributed by atoms with Crippen LogP contribution in [0.1, 0.15) is 5.82 Å². The predicted molar refractivity (Wildman–Crippen MR) is 74.0 cm³/mol. The molecule has 3 rings (SSSR count). The molecular formula is C12H11N5O2S. The van der Waals surface area contributed by atoms with Crippen LogP contribution in [0.4, 0.5) is 5.13 Å². The predicted octanol–water partition coefficient (Wildman–Crippen LogP) is 1.51. The SMILES string of the molecule is Cc1nnc2sc(NC(=O)COc3ccccc3)nn12. The topological polar surface area (TPSA) is 81.4 Å². The van der Waals surface area contributed by atoms with Gasteiger partial charge in [0, 0.05) is 0 Å². The number of rotatable bonds is 4. The van der Waals surface area contributed by atoms with Crippen molar-refractivity contribution in [3.63, 3.8) is 0 Å². The molecule has 1 amide bonds. The maximum Gasteiger partial charge on any atom is 0.264 e. The Morgan fingerprint density at radius 2 is 2.15 bits per heavy atom. The number of hydrogen-bond acceptors (Lipinski definition) is 6. The summed E-state index contributed by atoms with van der Waals surface area (Å²) in [4.78, 5) is 12.4. The van der Waals surface area contributed by atoms with Gasteiger partial charge in [0.2, 0.25) is 10.1 Å². The van der Waals surface area contributed by atoms with Crippen LogP contribution >= 0.6 is 11.3 Å². The molecule has 0 unspecified atom stereocenters. The summed E-state index contributed by atoms with van der Waals surface area (Å²) in [5, 5.41) is 15.1. The Labute approximate surface area is 118 Å². The first-order valence-corrected chi connectivity index (χ1v) is 6.70. The quantitative estimate of drug-likeness (QED) is 0.787. The second-order valence-electron chi connectivity index (χ2n) is 4.00. The van der Waals surface area contributed by atoms with Crippen molar-refractivity contribution in [2.24, 2.45) is 0 Å². The third-order valence-corrected chi connectivity index (χ3v) is 3.32. The Balaban J connectivity index is 1.61. The molecule has 0 spiro atoms. The van der Waals surface area contributed by atoms with Crippen molar-refractivity contribution < 1.29 is 9.53 Å². The number of nitrogens with zero attached hydrogens (tertiary/aromatic N) is 4. The summed E-state index contributed by atoms with van der Waals surface area (Å²) in [6, 6.07) is 9.16. The summed E-state index contributed by atoms with van der Waals surface area (Å²) in [5.74, 6) is 1.06. The van der Waals surface area contributed by atoms with E-state index in [0.29, 0.717) is 21.7 Å². The van der Waals surface area contributed by atoms with E-state index in [9.17, 15) is 4.79 Å². The first-order chi connectivity index (χ1) is 9.72. The van der Waals surface area contributed by atoms with Crippen LogP contribution in [0.2, 0.25) is 0 Å². The van der Waals surface area contributed by atoms with E-state index < -0.39 is 0 Å². The van der Waals surface area contributed by atoms with Gasteiger partial charge in [-0.05, 0) is 19.1 Å². The molecule has 7 nitrogen and oxygen atoms in total. The number of hydrogen-bond donors (Lipinski definition) is 1. The summed E-state index contributed by atoms with van der Waals surface area (Å²) in [7, 11) is 0. The lowest BCUT2D eigenvalue weighted by molar-refractivity contribution is -0.118. The van der Waals surface area contributed by atoms with E-state index in [2.05, 4.69) is 20.6 Å². The largest absolute Gasteiger partial charge is 0.484 e. The molecule has 102 valence electrons. The van der Waals surface area contributed by atoms with E-state index >= 15 is 0 Å². The number of benzene rings is 1. The number of para-hydroxylation sites is 1. The molecular weight excluding hydrogens is 278 g/mol. The summed E-state index contributed by atoms with van der Waals surface area (Å²) in [5.41, 5.74) is 0. The van der Waals surface area contributed by atoms with Gasteiger partial charge in [-0.25, -0.2) is 0 Å². The fourth-order valence-electron chi connectivity index (χ4n) is 1.59. The van der Waals surface area contributed by atoms with Crippen LogP contribution in [0, 0.1) is 6.92 Å². The van der Waals surface area contributed by atoms with Gasteiger partial charge in [0.15, 0.2) is 12.4 Å². The first-order valence-electron chi connectivity index (χ1n) is 5.89. The lowest BCUT2D eigenvalue weighted by Crippen LogP contribution is -2.20. The van der Waals surface area contributed by atoms with Crippen LogP contribution in [-0.4, -0.2) is 32.3 Å². The van der Waals surface area contributed by atoms with Gasteiger partial charge in [-0.15, -0.1) is 15.3 Å². The molecule has 0 saturated heterocycles. The Hall–Kier alpha value is -2.48. The average molecular weight is 289 g/mol. The molecule has 20 heavy (non-hydrogen) atoms. The lowest BCUT2D eigenvalue weighted by atomic mass is 10.3. The van der Waals surface area contributed by atoms with Crippen molar-refractivity contribution in [2.45, 2.75) is 6.92 Å². The molecule has 0 fully saturated rings. The van der Waals surface area contributed by atoms with Gasteiger partial charge in [-0.3, -0.25) is 10.1 Å². The zero-order valence-corrected chi connectivity index (χ0v) is 11.4. The molecule has 1 aromatic carbocycles. The van der Waals surface area contributed by atoms with E-state index in [0.717, 1.165) is 0 Å². The first kappa shape index (κ1) is 12.5. The van der Waals surface area contributed by atoms with Crippen molar-refractivity contribution in [2.75, 3.05) is 11.9 Å². The maximum absolute atomic E-state index is 11.8. The molecule has 1 N–H and O–H groups in total. The summed E-state index contributed by atoms with van der Waals surface area (Å²) < 4.78 is 6.93. The molecule has 0 aliphatic heterocycles. The number of carbonyl (C=O) groups excluding carboxylic acids is 1. The van der Waals surface area contributed by atoms with Crippen LogP contribution in [-0.2, 0) is 4.79 Å². The summed E-state index contributed by atoms with van der Waals surface area (Å²) >= 11 is 1.26. The smallest absolute Gasteiger partial charge is 0.264 e. The standard InChI is InChI=1S/C12H11N5O2S/c1-8-14-15-12-17(8)16-11(20-12)13-10(18)7-19-9-5-3-2-4-6-9/h2-6H,7H2,1H3,(H,13,16,18). The van der Waals surface area contributed by atoms with Crippen LogP contribution < -0.4 is 10.1 Å². The van der Waals surface area contributed by atoms with Gasteiger partial charge in [0.05, 0.1) is 0 Å². The van der Waals surface area contributed by atoms with E-state index in [1.54, 1.807) is 23.6 Å². The minimum atomic E-state index is -0.267. The Bertz CT molecular complexity index is 737. The summed E-state index contributed by atoms with van der Waals surface area (Å²) in [6.07, 6.45) is 0. The zero-order valence-electron chi connectivity index (χ0n) is 10.6. The van der Waals surface area contributed by atoms with Crippen LogP contribution in [0.25, 0.3) is 4.96 Å². The molecule has 0 bridgehead atoms. The van der Waals surface area contributed by atoms with Crippen molar-refractivity contribution in [3.8, 4) is 5.75 Å².